The van der Waals surface area contributed by atoms with Crippen molar-refractivity contribution >= 4 is 41.1 Å². The molecule has 170 valence electrons. The Morgan fingerprint density at radius 3 is 2.56 bits per heavy atom. The second-order valence-corrected chi connectivity index (χ2v) is 7.75. The summed E-state index contributed by atoms with van der Waals surface area (Å²) in [7, 11) is 0. The van der Waals surface area contributed by atoms with Crippen LogP contribution in [0.4, 0.5) is 15.3 Å². The summed E-state index contributed by atoms with van der Waals surface area (Å²) in [6.45, 7) is 0.492. The maximum atomic E-state index is 12.2. The molecule has 0 aromatic heterocycles. The normalized spacial score (nSPS) is 18.5. The van der Waals surface area contributed by atoms with E-state index in [9.17, 15) is 24.8 Å². The van der Waals surface area contributed by atoms with Gasteiger partial charge in [0.15, 0.2) is 0 Å². The molecule has 1 saturated heterocycles. The quantitative estimate of drug-likeness (QED) is 0.482. The largest absolute Gasteiger partial charge is 0.465 e. The fourth-order valence-corrected chi connectivity index (χ4v) is 3.58. The summed E-state index contributed by atoms with van der Waals surface area (Å²) in [6.07, 6.45) is -2.43. The van der Waals surface area contributed by atoms with Gasteiger partial charge in [0.25, 0.3) is 5.69 Å². The molecule has 3 rings (SSSR count). The number of nitrogens with zero attached hydrogens (tertiary/aromatic N) is 2. The number of halogens is 2. The van der Waals surface area contributed by atoms with Crippen molar-refractivity contribution < 1.29 is 29.1 Å². The van der Waals surface area contributed by atoms with Gasteiger partial charge in [0, 0.05) is 37.7 Å². The number of ether oxygens (including phenoxy) is 2. The molecular formula is C20H19Cl2N3O7. The van der Waals surface area contributed by atoms with E-state index >= 15 is 0 Å². The Morgan fingerprint density at radius 1 is 1.22 bits per heavy atom. The topological polar surface area (TPSA) is 131 Å². The van der Waals surface area contributed by atoms with E-state index in [-0.39, 0.29) is 37.7 Å². The van der Waals surface area contributed by atoms with Crippen LogP contribution in [0.1, 0.15) is 11.5 Å². The van der Waals surface area contributed by atoms with Crippen molar-refractivity contribution in [1.82, 2.24) is 10.2 Å². The summed E-state index contributed by atoms with van der Waals surface area (Å²) in [5.74, 6) is -0.295. The fraction of sp³-hybridized carbons (Fsp3) is 0.300. The molecule has 12 heteroatoms. The number of rotatable bonds is 5. The summed E-state index contributed by atoms with van der Waals surface area (Å²) in [4.78, 5) is 35.1. The Kier molecular flexibility index (Phi) is 7.73. The van der Waals surface area contributed by atoms with Gasteiger partial charge in [-0.1, -0.05) is 29.3 Å². The Morgan fingerprint density at radius 2 is 1.94 bits per heavy atom. The van der Waals surface area contributed by atoms with Crippen molar-refractivity contribution in [2.45, 2.75) is 12.0 Å². The molecule has 2 unspecified atom stereocenters. The van der Waals surface area contributed by atoms with Crippen LogP contribution in [-0.2, 0) is 4.74 Å². The second-order valence-electron chi connectivity index (χ2n) is 6.94. The Labute approximate surface area is 192 Å². The van der Waals surface area contributed by atoms with Crippen molar-refractivity contribution in [3.63, 3.8) is 0 Å². The van der Waals surface area contributed by atoms with Gasteiger partial charge in [-0.15, -0.1) is 0 Å². The number of nitro groups is 1. The van der Waals surface area contributed by atoms with E-state index in [0.29, 0.717) is 15.6 Å². The van der Waals surface area contributed by atoms with Gasteiger partial charge in [0.05, 0.1) is 27.7 Å². The smallest absolute Gasteiger partial charge is 0.412 e. The summed E-state index contributed by atoms with van der Waals surface area (Å²) >= 11 is 12.1. The van der Waals surface area contributed by atoms with Gasteiger partial charge in [-0.05, 0) is 29.8 Å². The van der Waals surface area contributed by atoms with Crippen LogP contribution in [0.2, 0.25) is 10.0 Å². The SMILES string of the molecule is O=C(NCC1OCCN(C(=O)O)CC1c1ccc(Cl)c(Cl)c1)Oc1ccc([N+](=O)[O-])cc1. The monoisotopic (exact) mass is 483 g/mol. The Bertz CT molecular complexity index is 1000. The minimum absolute atomic E-state index is 0.0319. The lowest BCUT2D eigenvalue weighted by molar-refractivity contribution is -0.384. The van der Waals surface area contributed by atoms with Gasteiger partial charge in [-0.2, -0.15) is 0 Å². The molecule has 10 nitrogen and oxygen atoms in total. The first-order valence-corrected chi connectivity index (χ1v) is 10.2. The number of non-ortho nitro benzene ring substituents is 1. The van der Waals surface area contributed by atoms with Crippen LogP contribution in [0.15, 0.2) is 42.5 Å². The number of amides is 2. The molecule has 0 aliphatic carbocycles. The van der Waals surface area contributed by atoms with E-state index in [2.05, 4.69) is 5.32 Å². The summed E-state index contributed by atoms with van der Waals surface area (Å²) in [5.41, 5.74) is 0.583. The highest BCUT2D eigenvalue weighted by atomic mass is 35.5. The third-order valence-corrected chi connectivity index (χ3v) is 5.65. The average Bonchev–Trinajstić information content (AvgIpc) is 2.97. The number of carbonyl (C=O) groups excluding carboxylic acids is 1. The van der Waals surface area contributed by atoms with E-state index in [0.717, 1.165) is 0 Å². The van der Waals surface area contributed by atoms with Crippen LogP contribution >= 0.6 is 23.2 Å². The molecule has 1 heterocycles. The number of nitro benzene ring substituents is 1. The van der Waals surface area contributed by atoms with Crippen LogP contribution in [-0.4, -0.2) is 59.5 Å². The van der Waals surface area contributed by atoms with E-state index < -0.39 is 29.1 Å². The molecule has 1 aliphatic heterocycles. The Hall–Kier alpha value is -3.08. The second kappa shape index (κ2) is 10.5. The maximum Gasteiger partial charge on any atom is 0.412 e. The van der Waals surface area contributed by atoms with Gasteiger partial charge >= 0.3 is 12.2 Å². The van der Waals surface area contributed by atoms with Crippen molar-refractivity contribution in [3.05, 3.63) is 68.2 Å². The maximum absolute atomic E-state index is 12.2. The van der Waals surface area contributed by atoms with E-state index in [1.54, 1.807) is 18.2 Å². The zero-order chi connectivity index (χ0) is 23.3. The van der Waals surface area contributed by atoms with E-state index in [4.69, 9.17) is 32.7 Å². The molecule has 0 bridgehead atoms. The van der Waals surface area contributed by atoms with Gasteiger partial charge in [0.1, 0.15) is 5.75 Å². The number of nitrogens with one attached hydrogen (secondary N) is 1. The highest BCUT2D eigenvalue weighted by Crippen LogP contribution is 2.31. The van der Waals surface area contributed by atoms with Crippen LogP contribution in [0.3, 0.4) is 0 Å². The minimum atomic E-state index is -1.08. The summed E-state index contributed by atoms with van der Waals surface area (Å²) in [5, 5.41) is 23.4. The number of hydrogen-bond donors (Lipinski definition) is 2. The van der Waals surface area contributed by atoms with E-state index in [1.165, 1.54) is 29.2 Å². The molecule has 0 radical (unpaired) electrons. The minimum Gasteiger partial charge on any atom is -0.465 e. The number of benzene rings is 2. The third-order valence-electron chi connectivity index (χ3n) is 4.91. The molecule has 1 aliphatic rings. The molecule has 32 heavy (non-hydrogen) atoms. The summed E-state index contributed by atoms with van der Waals surface area (Å²) < 4.78 is 11.0. The van der Waals surface area contributed by atoms with Crippen LogP contribution in [0, 0.1) is 10.1 Å². The Balaban J connectivity index is 1.70. The molecule has 2 N–H and O–H groups in total. The van der Waals surface area contributed by atoms with Crippen LogP contribution in [0.25, 0.3) is 0 Å². The first-order valence-electron chi connectivity index (χ1n) is 9.49. The lowest BCUT2D eigenvalue weighted by Gasteiger charge is -2.27. The lowest BCUT2D eigenvalue weighted by Crippen LogP contribution is -2.40. The van der Waals surface area contributed by atoms with Gasteiger partial charge in [-0.3, -0.25) is 10.1 Å². The predicted molar refractivity (Wildman–Crippen MR) is 116 cm³/mol. The molecule has 1 fully saturated rings. The molecule has 0 saturated carbocycles. The first-order chi connectivity index (χ1) is 15.2. The number of carboxylic acid groups (broad SMARTS) is 1. The highest BCUT2D eigenvalue weighted by Gasteiger charge is 2.32. The highest BCUT2D eigenvalue weighted by molar-refractivity contribution is 6.42. The van der Waals surface area contributed by atoms with Gasteiger partial charge in [-0.25, -0.2) is 9.59 Å². The van der Waals surface area contributed by atoms with Crippen LogP contribution < -0.4 is 10.1 Å². The fourth-order valence-electron chi connectivity index (χ4n) is 3.28. The molecule has 2 atom stereocenters. The van der Waals surface area contributed by atoms with Gasteiger partial charge in [0.2, 0.25) is 0 Å². The molecular weight excluding hydrogens is 465 g/mol. The van der Waals surface area contributed by atoms with Crippen LogP contribution in [0.5, 0.6) is 5.75 Å². The van der Waals surface area contributed by atoms with Crippen molar-refractivity contribution in [3.8, 4) is 5.75 Å². The first kappa shape index (κ1) is 23.6. The lowest BCUT2D eigenvalue weighted by atomic mass is 9.92. The van der Waals surface area contributed by atoms with Crippen molar-refractivity contribution in [1.29, 1.82) is 0 Å². The molecule has 0 spiro atoms. The van der Waals surface area contributed by atoms with E-state index in [1.807, 2.05) is 0 Å². The standard InChI is InChI=1S/C20H19Cl2N3O7/c21-16-6-1-12(9-17(16)22)15-11-24(20(27)28)7-8-31-18(15)10-23-19(26)32-14-4-2-13(3-5-14)25(29)30/h1-6,9,15,18H,7-8,10-11H2,(H,23,26)(H,27,28). The zero-order valence-electron chi connectivity index (χ0n) is 16.6. The average molecular weight is 484 g/mol. The number of hydrogen-bond acceptors (Lipinski definition) is 6. The third kappa shape index (κ3) is 6.00. The zero-order valence-corrected chi connectivity index (χ0v) is 18.1. The summed E-state index contributed by atoms with van der Waals surface area (Å²) in [6, 6.07) is 10.0. The molecule has 2 aromatic carbocycles. The van der Waals surface area contributed by atoms with Crippen molar-refractivity contribution in [2.24, 2.45) is 0 Å². The molecule has 2 amide bonds. The number of carbonyl (C=O) groups is 2. The van der Waals surface area contributed by atoms with Gasteiger partial charge < -0.3 is 24.8 Å². The van der Waals surface area contributed by atoms with Crippen molar-refractivity contribution in [2.75, 3.05) is 26.2 Å². The molecule has 2 aromatic rings. The predicted octanol–water partition coefficient (Wildman–Crippen LogP) is 4.15.